The largest absolute Gasteiger partial charge is 0.373 e. The van der Waals surface area contributed by atoms with Crippen LogP contribution in [0.5, 0.6) is 0 Å². The highest BCUT2D eigenvalue weighted by molar-refractivity contribution is 4.80. The van der Waals surface area contributed by atoms with Gasteiger partial charge in [0.25, 0.3) is 0 Å². The van der Waals surface area contributed by atoms with Crippen LogP contribution in [0.4, 0.5) is 0 Å². The topological polar surface area (TPSA) is 31.0 Å². The minimum Gasteiger partial charge on any atom is -0.373 e. The minimum atomic E-state index is -0.104. The average Bonchev–Trinajstić information content (AvgIpc) is 2.82. The second-order valence-electron chi connectivity index (χ2n) is 2.78. The third kappa shape index (κ3) is 2.15. The van der Waals surface area contributed by atoms with Crippen LogP contribution in [-0.4, -0.2) is 33.2 Å². The van der Waals surface area contributed by atoms with Gasteiger partial charge in [0.05, 0.1) is 12.7 Å². The zero-order chi connectivity index (χ0) is 8.27. The van der Waals surface area contributed by atoms with Crippen molar-refractivity contribution in [3.05, 3.63) is 0 Å². The molecule has 0 saturated carbocycles. The molecule has 1 fully saturated rings. The molecular weight excluding hydrogens is 144 g/mol. The fraction of sp³-hybridized carbons (Fsp3) is 1.00. The van der Waals surface area contributed by atoms with Crippen LogP contribution in [0.3, 0.4) is 0 Å². The smallest absolute Gasteiger partial charge is 0.162 e. The molecule has 0 aromatic heterocycles. The SMILES string of the molecule is CCC(C1CO1)C(OC)OC. The molecule has 11 heavy (non-hydrogen) atoms. The lowest BCUT2D eigenvalue weighted by Crippen LogP contribution is -2.28. The monoisotopic (exact) mass is 160 g/mol. The van der Waals surface area contributed by atoms with E-state index in [2.05, 4.69) is 6.92 Å². The zero-order valence-electron chi connectivity index (χ0n) is 7.37. The summed E-state index contributed by atoms with van der Waals surface area (Å²) in [6.45, 7) is 2.99. The van der Waals surface area contributed by atoms with Gasteiger partial charge in [-0.2, -0.15) is 0 Å². The van der Waals surface area contributed by atoms with Gasteiger partial charge in [-0.25, -0.2) is 0 Å². The lowest BCUT2D eigenvalue weighted by atomic mass is 10.0. The first-order valence-corrected chi connectivity index (χ1v) is 4.00. The van der Waals surface area contributed by atoms with E-state index in [1.54, 1.807) is 14.2 Å². The van der Waals surface area contributed by atoms with E-state index in [4.69, 9.17) is 14.2 Å². The average molecular weight is 160 g/mol. The Labute approximate surface area is 67.6 Å². The van der Waals surface area contributed by atoms with Crippen LogP contribution < -0.4 is 0 Å². The summed E-state index contributed by atoms with van der Waals surface area (Å²) in [4.78, 5) is 0. The summed E-state index contributed by atoms with van der Waals surface area (Å²) in [5, 5.41) is 0. The van der Waals surface area contributed by atoms with Gasteiger partial charge >= 0.3 is 0 Å². The maximum Gasteiger partial charge on any atom is 0.162 e. The summed E-state index contributed by atoms with van der Waals surface area (Å²) in [6.07, 6.45) is 1.30. The Kier molecular flexibility index (Phi) is 3.30. The first-order valence-electron chi connectivity index (χ1n) is 4.00. The number of rotatable bonds is 5. The Hall–Kier alpha value is -0.120. The summed E-state index contributed by atoms with van der Waals surface area (Å²) >= 11 is 0. The molecule has 1 saturated heterocycles. The highest BCUT2D eigenvalue weighted by Gasteiger charge is 2.37. The van der Waals surface area contributed by atoms with E-state index in [1.807, 2.05) is 0 Å². The molecule has 3 heteroatoms. The third-order valence-electron chi connectivity index (χ3n) is 2.12. The maximum atomic E-state index is 5.19. The fourth-order valence-electron chi connectivity index (χ4n) is 1.38. The molecule has 1 aliphatic rings. The second kappa shape index (κ2) is 4.04. The number of hydrogen-bond donors (Lipinski definition) is 0. The molecule has 0 radical (unpaired) electrons. The number of epoxide rings is 1. The number of ether oxygens (including phenoxy) is 3. The quantitative estimate of drug-likeness (QED) is 0.444. The van der Waals surface area contributed by atoms with Crippen molar-refractivity contribution in [2.75, 3.05) is 20.8 Å². The lowest BCUT2D eigenvalue weighted by Gasteiger charge is -2.21. The van der Waals surface area contributed by atoms with Gasteiger partial charge < -0.3 is 14.2 Å². The Morgan fingerprint density at radius 2 is 2.00 bits per heavy atom. The second-order valence-corrected chi connectivity index (χ2v) is 2.78. The molecule has 2 atom stereocenters. The molecule has 3 nitrogen and oxygen atoms in total. The molecule has 0 N–H and O–H groups in total. The van der Waals surface area contributed by atoms with Crippen molar-refractivity contribution >= 4 is 0 Å². The Morgan fingerprint density at radius 1 is 1.45 bits per heavy atom. The van der Waals surface area contributed by atoms with Crippen LogP contribution in [0, 0.1) is 5.92 Å². The van der Waals surface area contributed by atoms with Gasteiger partial charge in [-0.3, -0.25) is 0 Å². The lowest BCUT2D eigenvalue weighted by molar-refractivity contribution is -0.142. The van der Waals surface area contributed by atoms with Crippen molar-refractivity contribution in [2.24, 2.45) is 5.92 Å². The number of methoxy groups -OCH3 is 2. The van der Waals surface area contributed by atoms with Gasteiger partial charge in [0.15, 0.2) is 6.29 Å². The van der Waals surface area contributed by atoms with Gasteiger partial charge in [0.2, 0.25) is 0 Å². The van der Waals surface area contributed by atoms with Crippen LogP contribution in [0.25, 0.3) is 0 Å². The summed E-state index contributed by atoms with van der Waals surface area (Å²) < 4.78 is 15.5. The van der Waals surface area contributed by atoms with E-state index in [1.165, 1.54) is 0 Å². The molecule has 0 spiro atoms. The van der Waals surface area contributed by atoms with Crippen molar-refractivity contribution in [3.63, 3.8) is 0 Å². The van der Waals surface area contributed by atoms with Crippen molar-refractivity contribution in [3.8, 4) is 0 Å². The molecule has 66 valence electrons. The maximum absolute atomic E-state index is 5.19. The highest BCUT2D eigenvalue weighted by atomic mass is 16.7. The summed E-state index contributed by atoms with van der Waals surface area (Å²) in [6, 6.07) is 0. The molecule has 2 unspecified atom stereocenters. The molecule has 0 aromatic carbocycles. The van der Waals surface area contributed by atoms with E-state index in [9.17, 15) is 0 Å². The summed E-state index contributed by atoms with van der Waals surface area (Å²) in [7, 11) is 3.33. The van der Waals surface area contributed by atoms with Crippen molar-refractivity contribution < 1.29 is 14.2 Å². The zero-order valence-corrected chi connectivity index (χ0v) is 7.37. The Bertz CT molecular complexity index is 108. The Morgan fingerprint density at radius 3 is 2.27 bits per heavy atom. The third-order valence-corrected chi connectivity index (χ3v) is 2.12. The van der Waals surface area contributed by atoms with Crippen LogP contribution in [0.15, 0.2) is 0 Å². The Balaban J connectivity index is 2.36. The number of hydrogen-bond acceptors (Lipinski definition) is 3. The van der Waals surface area contributed by atoms with E-state index in [-0.39, 0.29) is 6.29 Å². The molecular formula is C8H16O3. The normalized spacial score (nSPS) is 25.6. The van der Waals surface area contributed by atoms with E-state index < -0.39 is 0 Å². The van der Waals surface area contributed by atoms with Crippen LogP contribution in [0.2, 0.25) is 0 Å². The first kappa shape index (κ1) is 8.97. The molecule has 0 bridgehead atoms. The molecule has 0 aliphatic carbocycles. The molecule has 1 heterocycles. The molecule has 1 rings (SSSR count). The van der Waals surface area contributed by atoms with Gasteiger partial charge in [0.1, 0.15) is 0 Å². The van der Waals surface area contributed by atoms with E-state index >= 15 is 0 Å². The predicted molar refractivity (Wildman–Crippen MR) is 41.3 cm³/mol. The van der Waals surface area contributed by atoms with Crippen molar-refractivity contribution in [1.29, 1.82) is 0 Å². The molecule has 0 amide bonds. The van der Waals surface area contributed by atoms with Crippen molar-refractivity contribution in [2.45, 2.75) is 25.7 Å². The van der Waals surface area contributed by atoms with Gasteiger partial charge in [0, 0.05) is 20.1 Å². The van der Waals surface area contributed by atoms with Crippen LogP contribution in [0.1, 0.15) is 13.3 Å². The fourth-order valence-corrected chi connectivity index (χ4v) is 1.38. The van der Waals surface area contributed by atoms with Crippen LogP contribution in [-0.2, 0) is 14.2 Å². The molecule has 1 aliphatic heterocycles. The van der Waals surface area contributed by atoms with E-state index in [0.29, 0.717) is 12.0 Å². The predicted octanol–water partition coefficient (Wildman–Crippen LogP) is 1.03. The van der Waals surface area contributed by atoms with Crippen molar-refractivity contribution in [1.82, 2.24) is 0 Å². The standard InChI is InChI=1S/C8H16O3/c1-4-6(7-5-11-7)8(9-2)10-3/h6-8H,4-5H2,1-3H3. The van der Waals surface area contributed by atoms with Crippen LogP contribution >= 0.6 is 0 Å². The van der Waals surface area contributed by atoms with E-state index in [0.717, 1.165) is 13.0 Å². The minimum absolute atomic E-state index is 0.104. The van der Waals surface area contributed by atoms with Gasteiger partial charge in [-0.05, 0) is 6.42 Å². The summed E-state index contributed by atoms with van der Waals surface area (Å²) in [5.41, 5.74) is 0. The molecule has 0 aromatic rings. The highest BCUT2D eigenvalue weighted by Crippen LogP contribution is 2.27. The van der Waals surface area contributed by atoms with Gasteiger partial charge in [-0.1, -0.05) is 6.92 Å². The summed E-state index contributed by atoms with van der Waals surface area (Å²) in [5.74, 6) is 0.394. The van der Waals surface area contributed by atoms with Gasteiger partial charge in [-0.15, -0.1) is 0 Å². The first-order chi connectivity index (χ1) is 5.33.